The molecule has 4 rings (SSSR count). The molecule has 0 unspecified atom stereocenters. The zero-order valence-corrected chi connectivity index (χ0v) is 16.9. The largest absolute Gasteiger partial charge is 0.375 e. The summed E-state index contributed by atoms with van der Waals surface area (Å²) in [5.74, 6) is -0.215. The SMILES string of the molecule is Cc1cc2c(cc1C)-c1c(sn(Cc3ccc(F)cc3)c1=S)C(C)(C)N2. The highest BCUT2D eigenvalue weighted by Gasteiger charge is 2.34. The highest BCUT2D eigenvalue weighted by molar-refractivity contribution is 7.71. The van der Waals surface area contributed by atoms with Crippen molar-refractivity contribution in [2.24, 2.45) is 0 Å². The second kappa shape index (κ2) is 6.03. The minimum absolute atomic E-state index is 0.184. The molecule has 0 aliphatic carbocycles. The van der Waals surface area contributed by atoms with E-state index in [0.717, 1.165) is 21.5 Å². The number of hydrogen-bond acceptors (Lipinski definition) is 3. The molecule has 1 aromatic heterocycles. The van der Waals surface area contributed by atoms with Crippen molar-refractivity contribution in [2.75, 3.05) is 5.32 Å². The van der Waals surface area contributed by atoms with Crippen molar-refractivity contribution in [3.63, 3.8) is 0 Å². The molecule has 134 valence electrons. The van der Waals surface area contributed by atoms with Crippen LogP contribution in [0.5, 0.6) is 0 Å². The quantitative estimate of drug-likeness (QED) is 0.514. The Balaban J connectivity index is 1.87. The average Bonchev–Trinajstić information content (AvgIpc) is 2.90. The van der Waals surface area contributed by atoms with E-state index in [-0.39, 0.29) is 11.4 Å². The van der Waals surface area contributed by atoms with Gasteiger partial charge in [0.25, 0.3) is 0 Å². The minimum atomic E-state index is -0.215. The van der Waals surface area contributed by atoms with Gasteiger partial charge in [-0.25, -0.2) is 4.39 Å². The fourth-order valence-electron chi connectivity index (χ4n) is 3.46. The highest BCUT2D eigenvalue weighted by atomic mass is 32.1. The number of anilines is 1. The number of nitrogens with one attached hydrogen (secondary N) is 1. The van der Waals surface area contributed by atoms with Crippen LogP contribution in [-0.4, -0.2) is 3.96 Å². The van der Waals surface area contributed by atoms with Gasteiger partial charge in [0, 0.05) is 16.8 Å². The number of aryl methyl sites for hydroxylation is 2. The molecule has 1 aliphatic rings. The molecule has 26 heavy (non-hydrogen) atoms. The summed E-state index contributed by atoms with van der Waals surface area (Å²) in [6, 6.07) is 11.1. The van der Waals surface area contributed by atoms with Crippen LogP contribution < -0.4 is 5.32 Å². The van der Waals surface area contributed by atoms with Gasteiger partial charge in [-0.3, -0.25) is 3.96 Å². The maximum absolute atomic E-state index is 13.2. The number of nitrogens with zero attached hydrogens (tertiary/aromatic N) is 1. The van der Waals surface area contributed by atoms with Gasteiger partial charge in [0.1, 0.15) is 10.5 Å². The maximum atomic E-state index is 13.2. The molecule has 2 aromatic carbocycles. The van der Waals surface area contributed by atoms with E-state index in [1.807, 2.05) is 12.1 Å². The smallest absolute Gasteiger partial charge is 0.124 e. The van der Waals surface area contributed by atoms with Gasteiger partial charge < -0.3 is 5.32 Å². The molecular weight excluding hydrogens is 363 g/mol. The molecule has 1 aliphatic heterocycles. The van der Waals surface area contributed by atoms with Gasteiger partial charge >= 0.3 is 0 Å². The van der Waals surface area contributed by atoms with Crippen LogP contribution in [0, 0.1) is 24.3 Å². The van der Waals surface area contributed by atoms with Crippen molar-refractivity contribution in [3.05, 3.63) is 68.4 Å². The van der Waals surface area contributed by atoms with E-state index in [9.17, 15) is 4.39 Å². The predicted molar refractivity (Wildman–Crippen MR) is 110 cm³/mol. The van der Waals surface area contributed by atoms with Crippen molar-refractivity contribution >= 4 is 29.4 Å². The van der Waals surface area contributed by atoms with Crippen LogP contribution in [0.25, 0.3) is 11.1 Å². The molecule has 1 N–H and O–H groups in total. The van der Waals surface area contributed by atoms with E-state index < -0.39 is 0 Å². The van der Waals surface area contributed by atoms with Crippen LogP contribution in [0.15, 0.2) is 36.4 Å². The lowest BCUT2D eigenvalue weighted by atomic mass is 9.88. The van der Waals surface area contributed by atoms with Crippen molar-refractivity contribution in [1.82, 2.24) is 3.96 Å². The molecule has 0 saturated carbocycles. The number of hydrogen-bond donors (Lipinski definition) is 1. The summed E-state index contributed by atoms with van der Waals surface area (Å²) in [5.41, 5.74) is 6.89. The van der Waals surface area contributed by atoms with Gasteiger partial charge in [0.15, 0.2) is 0 Å². The summed E-state index contributed by atoms with van der Waals surface area (Å²) in [7, 11) is 0. The van der Waals surface area contributed by atoms with Gasteiger partial charge in [-0.2, -0.15) is 0 Å². The Bertz CT molecular complexity index is 1060. The summed E-state index contributed by atoms with van der Waals surface area (Å²) in [6.45, 7) is 9.32. The van der Waals surface area contributed by atoms with Gasteiger partial charge in [0.05, 0.1) is 17.0 Å². The second-order valence-corrected chi connectivity index (χ2v) is 8.91. The fraction of sp³-hybridized carbons (Fsp3) is 0.286. The zero-order valence-electron chi connectivity index (χ0n) is 15.3. The monoisotopic (exact) mass is 384 g/mol. The molecule has 0 amide bonds. The first-order valence-electron chi connectivity index (χ1n) is 8.65. The van der Waals surface area contributed by atoms with Gasteiger partial charge in [0.2, 0.25) is 0 Å². The van der Waals surface area contributed by atoms with E-state index in [2.05, 4.69) is 49.1 Å². The van der Waals surface area contributed by atoms with Crippen LogP contribution in [0.3, 0.4) is 0 Å². The van der Waals surface area contributed by atoms with Gasteiger partial charge in [-0.05, 0) is 68.7 Å². The lowest BCUT2D eigenvalue weighted by Crippen LogP contribution is -2.30. The third kappa shape index (κ3) is 2.79. The lowest BCUT2D eigenvalue weighted by Gasteiger charge is -2.33. The Morgan fingerprint density at radius 2 is 1.77 bits per heavy atom. The Morgan fingerprint density at radius 1 is 1.12 bits per heavy atom. The van der Waals surface area contributed by atoms with E-state index in [1.54, 1.807) is 11.5 Å². The minimum Gasteiger partial charge on any atom is -0.375 e. The van der Waals surface area contributed by atoms with Crippen molar-refractivity contribution < 1.29 is 4.39 Å². The molecule has 0 spiro atoms. The van der Waals surface area contributed by atoms with E-state index in [0.29, 0.717) is 6.54 Å². The lowest BCUT2D eigenvalue weighted by molar-refractivity contribution is 0.619. The van der Waals surface area contributed by atoms with Crippen molar-refractivity contribution in [3.8, 4) is 11.1 Å². The summed E-state index contributed by atoms with van der Waals surface area (Å²) in [4.78, 5) is 1.25. The summed E-state index contributed by atoms with van der Waals surface area (Å²) < 4.78 is 16.2. The summed E-state index contributed by atoms with van der Waals surface area (Å²) in [6.07, 6.45) is 0. The highest BCUT2D eigenvalue weighted by Crippen LogP contribution is 2.47. The molecule has 0 atom stereocenters. The third-order valence-electron chi connectivity index (χ3n) is 5.03. The van der Waals surface area contributed by atoms with Crippen LogP contribution in [0.4, 0.5) is 10.1 Å². The zero-order chi connectivity index (χ0) is 18.6. The Morgan fingerprint density at radius 3 is 2.46 bits per heavy atom. The Hall–Kier alpha value is -1.98. The Kier molecular flexibility index (Phi) is 4.04. The first kappa shape index (κ1) is 17.4. The second-order valence-electron chi connectivity index (χ2n) is 7.50. The predicted octanol–water partition coefficient (Wildman–Crippen LogP) is 6.41. The van der Waals surface area contributed by atoms with Gasteiger partial charge in [-0.15, -0.1) is 0 Å². The normalized spacial score (nSPS) is 14.5. The molecule has 0 saturated heterocycles. The van der Waals surface area contributed by atoms with Crippen molar-refractivity contribution in [2.45, 2.75) is 39.8 Å². The molecule has 2 nitrogen and oxygen atoms in total. The number of rotatable bonds is 2. The third-order valence-corrected chi connectivity index (χ3v) is 7.00. The number of fused-ring (bicyclic) bond motifs is 3. The molecular formula is C21H21FN2S2. The molecule has 0 bridgehead atoms. The molecule has 5 heteroatoms. The molecule has 3 aromatic rings. The average molecular weight is 385 g/mol. The molecule has 2 heterocycles. The van der Waals surface area contributed by atoms with Crippen LogP contribution in [0.1, 0.15) is 35.4 Å². The van der Waals surface area contributed by atoms with E-state index in [1.165, 1.54) is 33.7 Å². The summed E-state index contributed by atoms with van der Waals surface area (Å²) in [5, 5.41) is 3.67. The van der Waals surface area contributed by atoms with E-state index >= 15 is 0 Å². The van der Waals surface area contributed by atoms with E-state index in [4.69, 9.17) is 12.2 Å². The van der Waals surface area contributed by atoms with Crippen LogP contribution in [0.2, 0.25) is 0 Å². The standard InChI is InChI=1S/C21H21FN2S2/c1-12-9-16-17(10-13(12)2)23-21(3,4)19-18(16)20(25)24(26-19)11-14-5-7-15(22)8-6-14/h5-10,23H,11H2,1-4H3. The topological polar surface area (TPSA) is 17.0 Å². The number of benzene rings is 2. The first-order valence-corrected chi connectivity index (χ1v) is 9.83. The first-order chi connectivity index (χ1) is 12.3. The van der Waals surface area contributed by atoms with Crippen LogP contribution in [-0.2, 0) is 12.1 Å². The van der Waals surface area contributed by atoms with Gasteiger partial charge in [-0.1, -0.05) is 35.9 Å². The Labute approximate surface area is 162 Å². The number of halogens is 1. The van der Waals surface area contributed by atoms with Crippen LogP contribution >= 0.6 is 23.8 Å². The number of aromatic nitrogens is 1. The molecule has 0 radical (unpaired) electrons. The summed E-state index contributed by atoms with van der Waals surface area (Å²) >= 11 is 7.56. The maximum Gasteiger partial charge on any atom is 0.124 e. The van der Waals surface area contributed by atoms with Crippen molar-refractivity contribution in [1.29, 1.82) is 0 Å². The molecule has 0 fully saturated rings. The fourth-order valence-corrected chi connectivity index (χ4v) is 5.10.